The number of rotatable bonds is 7. The topological polar surface area (TPSA) is 66.0 Å². The second-order valence-corrected chi connectivity index (χ2v) is 8.17. The summed E-state index contributed by atoms with van der Waals surface area (Å²) in [4.78, 5) is 10.8. The fourth-order valence-corrected chi connectivity index (χ4v) is 4.24. The number of halogens is 3. The van der Waals surface area contributed by atoms with Gasteiger partial charge in [0.15, 0.2) is 0 Å². The fraction of sp³-hybridized carbons (Fsp3) is 0.0769. The molecule has 0 amide bonds. The van der Waals surface area contributed by atoms with Crippen LogP contribution < -0.4 is 0 Å². The first-order valence-electron chi connectivity index (χ1n) is 10.2. The van der Waals surface area contributed by atoms with Crippen LogP contribution in [-0.2, 0) is 4.79 Å². The Morgan fingerprint density at radius 1 is 1.06 bits per heavy atom. The molecule has 4 rings (SSSR count). The summed E-state index contributed by atoms with van der Waals surface area (Å²) in [6, 6.07) is 17.8. The molecule has 0 atom stereocenters. The zero-order valence-electron chi connectivity index (χ0n) is 17.4. The first kappa shape index (κ1) is 22.8. The van der Waals surface area contributed by atoms with Crippen molar-refractivity contribution < 1.29 is 14.3 Å². The van der Waals surface area contributed by atoms with Crippen LogP contribution in [0.3, 0.4) is 0 Å². The second-order valence-electron chi connectivity index (χ2n) is 7.38. The Hall–Kier alpha value is -3.41. The second kappa shape index (κ2) is 10.0. The molecule has 2 N–H and O–H groups in total. The molecule has 4 aromatic rings. The zero-order valence-corrected chi connectivity index (χ0v) is 18.9. The summed E-state index contributed by atoms with van der Waals surface area (Å²) in [7, 11) is 0. The fourth-order valence-electron chi connectivity index (χ4n) is 3.76. The van der Waals surface area contributed by atoms with Gasteiger partial charge in [-0.1, -0.05) is 48.0 Å². The Bertz CT molecular complexity index is 1370. The van der Waals surface area contributed by atoms with Crippen LogP contribution in [0.5, 0.6) is 0 Å². The summed E-state index contributed by atoms with van der Waals surface area (Å²) in [5, 5.41) is 17.2. The van der Waals surface area contributed by atoms with Gasteiger partial charge >= 0.3 is 5.97 Å². The van der Waals surface area contributed by atoms with Crippen molar-refractivity contribution in [2.45, 2.75) is 6.42 Å². The molecule has 3 aromatic carbocycles. The normalized spacial score (nSPS) is 12.3. The molecule has 4 nitrogen and oxygen atoms in total. The molecule has 0 aliphatic carbocycles. The maximum atomic E-state index is 13.8. The number of hydrogen-bond donors (Lipinski definition) is 2. The van der Waals surface area contributed by atoms with Gasteiger partial charge in [-0.3, -0.25) is 5.10 Å². The lowest BCUT2D eigenvalue weighted by Gasteiger charge is -2.18. The van der Waals surface area contributed by atoms with E-state index in [1.807, 2.05) is 42.5 Å². The number of carboxylic acid groups (broad SMARTS) is 1. The maximum absolute atomic E-state index is 13.8. The number of allylic oxidation sites excluding steroid dienone is 1. The number of aromatic amines is 1. The van der Waals surface area contributed by atoms with Gasteiger partial charge in [-0.15, -0.1) is 11.6 Å². The monoisotopic (exact) mass is 480 g/mol. The quantitative estimate of drug-likeness (QED) is 0.169. The molecule has 166 valence electrons. The molecular formula is C26H19Cl2FN2O2. The largest absolute Gasteiger partial charge is 0.478 e. The number of nitrogens with zero attached hydrogens (tertiary/aromatic N) is 1. The molecule has 1 heterocycles. The van der Waals surface area contributed by atoms with E-state index in [1.165, 1.54) is 18.2 Å². The summed E-state index contributed by atoms with van der Waals surface area (Å²) in [6.07, 6.45) is 4.88. The smallest absolute Gasteiger partial charge is 0.328 e. The molecule has 0 fully saturated rings. The minimum Gasteiger partial charge on any atom is -0.478 e. The van der Waals surface area contributed by atoms with Crippen LogP contribution in [0, 0.1) is 5.82 Å². The number of fused-ring (bicyclic) bond motifs is 1. The molecule has 0 aliphatic rings. The maximum Gasteiger partial charge on any atom is 0.328 e. The highest BCUT2D eigenvalue weighted by Gasteiger charge is 2.17. The van der Waals surface area contributed by atoms with E-state index < -0.39 is 11.8 Å². The SMILES string of the molecule is O=C(O)C=Cc1ccc(/C(=C(\CCCl)c2ccc(F)cc2Cl)c2ccc3[nH]ncc3c2)cc1. The Balaban J connectivity index is 1.95. The number of carboxylic acids is 1. The van der Waals surface area contributed by atoms with Crippen LogP contribution in [0.25, 0.3) is 28.1 Å². The molecule has 0 aliphatic heterocycles. The van der Waals surface area contributed by atoms with Crippen molar-refractivity contribution in [1.29, 1.82) is 0 Å². The third-order valence-corrected chi connectivity index (χ3v) is 5.75. The van der Waals surface area contributed by atoms with Gasteiger partial charge in [0.2, 0.25) is 0 Å². The van der Waals surface area contributed by atoms with Gasteiger partial charge in [-0.05, 0) is 70.2 Å². The summed E-state index contributed by atoms with van der Waals surface area (Å²) in [5.74, 6) is -1.08. The molecular weight excluding hydrogens is 462 g/mol. The Kier molecular flexibility index (Phi) is 6.92. The van der Waals surface area contributed by atoms with Gasteiger partial charge in [0.05, 0.1) is 16.7 Å². The van der Waals surface area contributed by atoms with Crippen LogP contribution in [0.15, 0.2) is 72.9 Å². The van der Waals surface area contributed by atoms with Gasteiger partial charge in [0, 0.05) is 17.3 Å². The van der Waals surface area contributed by atoms with Gasteiger partial charge in [0.25, 0.3) is 0 Å². The van der Waals surface area contributed by atoms with E-state index >= 15 is 0 Å². The molecule has 1 aromatic heterocycles. The Labute approximate surface area is 200 Å². The van der Waals surface area contributed by atoms with Crippen molar-refractivity contribution >= 4 is 57.3 Å². The van der Waals surface area contributed by atoms with Crippen molar-refractivity contribution in [2.24, 2.45) is 0 Å². The highest BCUT2D eigenvalue weighted by Crippen LogP contribution is 2.38. The number of nitrogens with one attached hydrogen (secondary N) is 1. The lowest BCUT2D eigenvalue weighted by Crippen LogP contribution is -1.98. The highest BCUT2D eigenvalue weighted by molar-refractivity contribution is 6.33. The van der Waals surface area contributed by atoms with Crippen LogP contribution in [0.2, 0.25) is 5.02 Å². The van der Waals surface area contributed by atoms with Gasteiger partial charge < -0.3 is 5.11 Å². The van der Waals surface area contributed by atoms with E-state index in [4.69, 9.17) is 28.3 Å². The van der Waals surface area contributed by atoms with E-state index in [0.29, 0.717) is 22.9 Å². The number of aliphatic carboxylic acids is 1. The number of hydrogen-bond acceptors (Lipinski definition) is 2. The number of aromatic nitrogens is 2. The average Bonchev–Trinajstić information content (AvgIpc) is 3.26. The first-order chi connectivity index (χ1) is 16.0. The first-order valence-corrected chi connectivity index (χ1v) is 11.1. The van der Waals surface area contributed by atoms with E-state index in [0.717, 1.165) is 44.8 Å². The summed E-state index contributed by atoms with van der Waals surface area (Å²) < 4.78 is 13.8. The molecule has 0 saturated carbocycles. The Morgan fingerprint density at radius 2 is 1.82 bits per heavy atom. The summed E-state index contributed by atoms with van der Waals surface area (Å²) in [5.41, 5.74) is 5.98. The van der Waals surface area contributed by atoms with Crippen LogP contribution in [-0.4, -0.2) is 27.2 Å². The average molecular weight is 481 g/mol. The molecule has 0 radical (unpaired) electrons. The lowest BCUT2D eigenvalue weighted by molar-refractivity contribution is -0.131. The van der Waals surface area contributed by atoms with E-state index in [-0.39, 0.29) is 0 Å². The number of carbonyl (C=O) groups is 1. The van der Waals surface area contributed by atoms with Crippen molar-refractivity contribution in [3.8, 4) is 0 Å². The number of alkyl halides is 1. The van der Waals surface area contributed by atoms with Gasteiger partial charge in [0.1, 0.15) is 5.82 Å². The molecule has 33 heavy (non-hydrogen) atoms. The van der Waals surface area contributed by atoms with Crippen molar-refractivity contribution in [3.05, 3.63) is 106 Å². The van der Waals surface area contributed by atoms with E-state index in [9.17, 15) is 9.18 Å². The van der Waals surface area contributed by atoms with Crippen LogP contribution in [0.1, 0.15) is 28.7 Å². The van der Waals surface area contributed by atoms with Crippen LogP contribution in [0.4, 0.5) is 4.39 Å². The Morgan fingerprint density at radius 3 is 2.52 bits per heavy atom. The minimum atomic E-state index is -1.01. The number of H-pyrrole nitrogens is 1. The molecule has 0 bridgehead atoms. The van der Waals surface area contributed by atoms with E-state index in [2.05, 4.69) is 10.2 Å². The van der Waals surface area contributed by atoms with Crippen molar-refractivity contribution in [2.75, 3.05) is 5.88 Å². The zero-order chi connectivity index (χ0) is 23.4. The summed E-state index contributed by atoms with van der Waals surface area (Å²) in [6.45, 7) is 0. The van der Waals surface area contributed by atoms with Crippen molar-refractivity contribution in [1.82, 2.24) is 10.2 Å². The van der Waals surface area contributed by atoms with Gasteiger partial charge in [-0.2, -0.15) is 5.10 Å². The summed E-state index contributed by atoms with van der Waals surface area (Å²) >= 11 is 12.6. The molecule has 7 heteroatoms. The van der Waals surface area contributed by atoms with Gasteiger partial charge in [-0.25, -0.2) is 9.18 Å². The third-order valence-electron chi connectivity index (χ3n) is 5.25. The van der Waals surface area contributed by atoms with Crippen LogP contribution >= 0.6 is 23.2 Å². The van der Waals surface area contributed by atoms with Crippen molar-refractivity contribution in [3.63, 3.8) is 0 Å². The lowest BCUT2D eigenvalue weighted by atomic mass is 9.87. The molecule has 0 unspecified atom stereocenters. The molecule has 0 spiro atoms. The minimum absolute atomic E-state index is 0.304. The highest BCUT2D eigenvalue weighted by atomic mass is 35.5. The predicted molar refractivity (Wildman–Crippen MR) is 132 cm³/mol. The van der Waals surface area contributed by atoms with E-state index in [1.54, 1.807) is 12.3 Å². The number of benzene rings is 3. The molecule has 0 saturated heterocycles. The standard InChI is InChI=1S/C26H19Cl2FN2O2/c27-12-11-22(21-8-7-20(29)14-23(21)28)26(18-6-9-24-19(13-18)15-30-31-24)17-4-1-16(2-5-17)3-10-25(32)33/h1-10,13-15H,11-12H2,(H,30,31)(H,32,33)/b10-3?,26-22-. The third kappa shape index (κ3) is 5.16. The predicted octanol–water partition coefficient (Wildman–Crippen LogP) is 7.04.